The second kappa shape index (κ2) is 6.76. The molecule has 1 saturated carbocycles. The van der Waals surface area contributed by atoms with Crippen LogP contribution in [0.4, 0.5) is 0 Å². The number of hydrogen-bond donors (Lipinski definition) is 0. The summed E-state index contributed by atoms with van der Waals surface area (Å²) in [4.78, 5) is 2.84. The molecular weight excluding hydrogens is 242 g/mol. The van der Waals surface area contributed by atoms with Crippen molar-refractivity contribution >= 4 is 0 Å². The fourth-order valence-electron chi connectivity index (χ4n) is 4.35. The molecule has 1 aliphatic carbocycles. The van der Waals surface area contributed by atoms with Crippen LogP contribution in [0.3, 0.4) is 0 Å². The number of benzene rings is 1. The minimum Gasteiger partial charge on any atom is -0.294 e. The number of likely N-dealkylation sites (tertiary alicyclic amines) is 1. The topological polar surface area (TPSA) is 3.24 Å². The van der Waals surface area contributed by atoms with Crippen LogP contribution in [-0.2, 0) is 5.54 Å². The van der Waals surface area contributed by atoms with Gasteiger partial charge in [0.25, 0.3) is 0 Å². The molecule has 3 rings (SSSR count). The molecule has 0 radical (unpaired) electrons. The van der Waals surface area contributed by atoms with Gasteiger partial charge in [0.15, 0.2) is 0 Å². The smallest absolute Gasteiger partial charge is 0.0460 e. The van der Waals surface area contributed by atoms with Gasteiger partial charge in [-0.05, 0) is 44.3 Å². The number of rotatable bonds is 2. The highest BCUT2D eigenvalue weighted by Gasteiger charge is 2.38. The van der Waals surface area contributed by atoms with Crippen LogP contribution in [0.5, 0.6) is 0 Å². The average molecular weight is 271 g/mol. The Hall–Kier alpha value is -0.820. The molecular formula is C19H29N. The van der Waals surface area contributed by atoms with Crippen molar-refractivity contribution in [2.24, 2.45) is 0 Å². The SMILES string of the molecule is c1ccc(C2(N3CCCCC3)CCCCCCC2)cc1. The summed E-state index contributed by atoms with van der Waals surface area (Å²) in [5.41, 5.74) is 1.94. The molecule has 0 unspecified atom stereocenters. The van der Waals surface area contributed by atoms with Gasteiger partial charge in [-0.25, -0.2) is 0 Å². The first kappa shape index (κ1) is 14.1. The molecule has 20 heavy (non-hydrogen) atoms. The fraction of sp³-hybridized carbons (Fsp3) is 0.684. The molecule has 0 N–H and O–H groups in total. The maximum Gasteiger partial charge on any atom is 0.0460 e. The molecule has 1 nitrogen and oxygen atoms in total. The minimum atomic E-state index is 0.349. The van der Waals surface area contributed by atoms with Crippen molar-refractivity contribution < 1.29 is 0 Å². The van der Waals surface area contributed by atoms with E-state index < -0.39 is 0 Å². The van der Waals surface area contributed by atoms with Crippen LogP contribution >= 0.6 is 0 Å². The van der Waals surface area contributed by atoms with E-state index in [1.165, 1.54) is 77.3 Å². The Bertz CT molecular complexity index is 383. The van der Waals surface area contributed by atoms with Crippen LogP contribution in [-0.4, -0.2) is 18.0 Å². The summed E-state index contributed by atoms with van der Waals surface area (Å²) >= 11 is 0. The van der Waals surface area contributed by atoms with Gasteiger partial charge < -0.3 is 0 Å². The monoisotopic (exact) mass is 271 g/mol. The molecule has 1 aromatic rings. The maximum atomic E-state index is 2.84. The van der Waals surface area contributed by atoms with Crippen molar-refractivity contribution in [3.63, 3.8) is 0 Å². The third kappa shape index (κ3) is 2.93. The standard InChI is InChI=1S/C19H29N/c1-2-8-14-19(15-9-3-1,18-12-6-4-7-13-18)20-16-10-5-11-17-20/h4,6-7,12-13H,1-3,5,8-11,14-17H2. The molecule has 1 aromatic carbocycles. The predicted molar refractivity (Wildman–Crippen MR) is 85.9 cm³/mol. The van der Waals surface area contributed by atoms with Gasteiger partial charge in [0.05, 0.1) is 0 Å². The van der Waals surface area contributed by atoms with E-state index in [4.69, 9.17) is 0 Å². The van der Waals surface area contributed by atoms with Gasteiger partial charge in [-0.3, -0.25) is 4.90 Å². The Labute approximate surface area is 124 Å². The van der Waals surface area contributed by atoms with Crippen molar-refractivity contribution in [2.45, 2.75) is 69.7 Å². The van der Waals surface area contributed by atoms with Gasteiger partial charge in [0.2, 0.25) is 0 Å². The van der Waals surface area contributed by atoms with Crippen molar-refractivity contribution in [1.82, 2.24) is 4.90 Å². The van der Waals surface area contributed by atoms with E-state index in [1.807, 2.05) is 0 Å². The van der Waals surface area contributed by atoms with E-state index in [0.29, 0.717) is 5.54 Å². The number of nitrogens with zero attached hydrogens (tertiary/aromatic N) is 1. The zero-order valence-corrected chi connectivity index (χ0v) is 12.8. The van der Waals surface area contributed by atoms with Gasteiger partial charge in [-0.2, -0.15) is 0 Å². The van der Waals surface area contributed by atoms with E-state index in [2.05, 4.69) is 35.2 Å². The van der Waals surface area contributed by atoms with Crippen LogP contribution in [0.2, 0.25) is 0 Å². The van der Waals surface area contributed by atoms with Crippen LogP contribution in [0, 0.1) is 0 Å². The molecule has 1 heterocycles. The van der Waals surface area contributed by atoms with Crippen LogP contribution in [0.25, 0.3) is 0 Å². The molecule has 2 aliphatic rings. The Morgan fingerprint density at radius 3 is 1.85 bits per heavy atom. The van der Waals surface area contributed by atoms with Gasteiger partial charge >= 0.3 is 0 Å². The summed E-state index contributed by atoms with van der Waals surface area (Å²) in [6, 6.07) is 11.4. The Morgan fingerprint density at radius 2 is 1.20 bits per heavy atom. The molecule has 110 valence electrons. The maximum absolute atomic E-state index is 2.84. The molecule has 1 aliphatic heterocycles. The molecule has 0 bridgehead atoms. The summed E-state index contributed by atoms with van der Waals surface area (Å²) in [5.74, 6) is 0. The van der Waals surface area contributed by atoms with E-state index in [9.17, 15) is 0 Å². The number of hydrogen-bond acceptors (Lipinski definition) is 1. The Balaban J connectivity index is 1.91. The normalized spacial score (nSPS) is 24.8. The molecule has 2 fully saturated rings. The first-order valence-electron chi connectivity index (χ1n) is 8.72. The fourth-order valence-corrected chi connectivity index (χ4v) is 4.35. The summed E-state index contributed by atoms with van der Waals surface area (Å²) in [5, 5.41) is 0. The lowest BCUT2D eigenvalue weighted by atomic mass is 9.76. The summed E-state index contributed by atoms with van der Waals surface area (Å²) in [7, 11) is 0. The Kier molecular flexibility index (Phi) is 4.77. The van der Waals surface area contributed by atoms with E-state index in [-0.39, 0.29) is 0 Å². The highest BCUT2D eigenvalue weighted by atomic mass is 15.2. The molecule has 0 amide bonds. The van der Waals surface area contributed by atoms with Crippen LogP contribution in [0.15, 0.2) is 30.3 Å². The third-order valence-electron chi connectivity index (χ3n) is 5.45. The third-order valence-corrected chi connectivity index (χ3v) is 5.45. The molecule has 1 heteroatoms. The Morgan fingerprint density at radius 1 is 0.650 bits per heavy atom. The lowest BCUT2D eigenvalue weighted by Crippen LogP contribution is -2.49. The summed E-state index contributed by atoms with van der Waals surface area (Å²) in [6.07, 6.45) is 14.1. The van der Waals surface area contributed by atoms with Crippen molar-refractivity contribution in [2.75, 3.05) is 13.1 Å². The van der Waals surface area contributed by atoms with Gasteiger partial charge in [0, 0.05) is 5.54 Å². The van der Waals surface area contributed by atoms with E-state index >= 15 is 0 Å². The highest BCUT2D eigenvalue weighted by molar-refractivity contribution is 5.25. The second-order valence-electron chi connectivity index (χ2n) is 6.71. The van der Waals surface area contributed by atoms with Crippen LogP contribution in [0.1, 0.15) is 69.8 Å². The van der Waals surface area contributed by atoms with Crippen molar-refractivity contribution in [3.8, 4) is 0 Å². The molecule has 0 aromatic heterocycles. The molecule has 0 spiro atoms. The lowest BCUT2D eigenvalue weighted by Gasteiger charge is -2.47. The average Bonchev–Trinajstić information content (AvgIpc) is 2.49. The molecule has 1 saturated heterocycles. The van der Waals surface area contributed by atoms with Gasteiger partial charge in [-0.15, -0.1) is 0 Å². The zero-order chi connectivity index (χ0) is 13.7. The zero-order valence-electron chi connectivity index (χ0n) is 12.8. The first-order valence-corrected chi connectivity index (χ1v) is 8.72. The van der Waals surface area contributed by atoms with E-state index in [0.717, 1.165) is 0 Å². The minimum absolute atomic E-state index is 0.349. The summed E-state index contributed by atoms with van der Waals surface area (Å²) in [6.45, 7) is 2.63. The lowest BCUT2D eigenvalue weighted by molar-refractivity contribution is 0.0392. The molecule has 0 atom stereocenters. The summed E-state index contributed by atoms with van der Waals surface area (Å²) < 4.78 is 0. The van der Waals surface area contributed by atoms with Gasteiger partial charge in [-0.1, -0.05) is 68.9 Å². The van der Waals surface area contributed by atoms with Crippen molar-refractivity contribution in [3.05, 3.63) is 35.9 Å². The first-order chi connectivity index (χ1) is 9.92. The quantitative estimate of drug-likeness (QED) is 0.722. The number of piperidine rings is 1. The second-order valence-corrected chi connectivity index (χ2v) is 6.71. The van der Waals surface area contributed by atoms with Gasteiger partial charge in [0.1, 0.15) is 0 Å². The highest BCUT2D eigenvalue weighted by Crippen LogP contribution is 2.41. The largest absolute Gasteiger partial charge is 0.294 e. The van der Waals surface area contributed by atoms with Crippen LogP contribution < -0.4 is 0 Å². The van der Waals surface area contributed by atoms with E-state index in [1.54, 1.807) is 5.56 Å². The predicted octanol–water partition coefficient (Wildman–Crippen LogP) is 5.11. The van der Waals surface area contributed by atoms with Crippen molar-refractivity contribution in [1.29, 1.82) is 0 Å².